The van der Waals surface area contributed by atoms with Crippen molar-refractivity contribution >= 4 is 11.8 Å². The molecule has 1 heterocycles. The summed E-state index contributed by atoms with van der Waals surface area (Å²) in [7, 11) is 0. The molecule has 0 spiro atoms. The van der Waals surface area contributed by atoms with Crippen LogP contribution in [0.15, 0.2) is 67.0 Å². The summed E-state index contributed by atoms with van der Waals surface area (Å²) in [6.07, 6.45) is 3.62. The summed E-state index contributed by atoms with van der Waals surface area (Å²) < 4.78 is 15.3. The molecule has 0 unspecified atom stereocenters. The van der Waals surface area contributed by atoms with Gasteiger partial charge in [0.25, 0.3) is 5.91 Å². The van der Waals surface area contributed by atoms with Gasteiger partial charge < -0.3 is 10.6 Å². The quantitative estimate of drug-likeness (QED) is 0.673. The minimum atomic E-state index is -0.620. The van der Waals surface area contributed by atoms with E-state index in [4.69, 9.17) is 0 Å². The second-order valence-electron chi connectivity index (χ2n) is 5.96. The van der Waals surface area contributed by atoms with Gasteiger partial charge in [0.2, 0.25) is 5.91 Å². The van der Waals surface area contributed by atoms with Gasteiger partial charge in [0.05, 0.1) is 18.7 Å². The fourth-order valence-corrected chi connectivity index (χ4v) is 2.51. The summed E-state index contributed by atoms with van der Waals surface area (Å²) in [5.41, 5.74) is 1.96. The van der Waals surface area contributed by atoms with Crippen molar-refractivity contribution < 1.29 is 14.0 Å². The zero-order chi connectivity index (χ0) is 19.1. The van der Waals surface area contributed by atoms with Crippen LogP contribution in [0.25, 0.3) is 0 Å². The van der Waals surface area contributed by atoms with Gasteiger partial charge >= 0.3 is 0 Å². The largest absolute Gasteiger partial charge is 0.350 e. The Morgan fingerprint density at radius 1 is 0.963 bits per heavy atom. The third kappa shape index (κ3) is 5.24. The minimum Gasteiger partial charge on any atom is -0.350 e. The van der Waals surface area contributed by atoms with Crippen molar-refractivity contribution in [3.63, 3.8) is 0 Å². The van der Waals surface area contributed by atoms with Crippen LogP contribution in [0.3, 0.4) is 0 Å². The smallest absolute Gasteiger partial charge is 0.254 e. The summed E-state index contributed by atoms with van der Waals surface area (Å²) in [5, 5.41) is 9.29. The molecule has 0 aliphatic rings. The van der Waals surface area contributed by atoms with Crippen molar-refractivity contribution in [2.75, 3.05) is 6.54 Å². The van der Waals surface area contributed by atoms with Gasteiger partial charge in [0, 0.05) is 18.9 Å². The van der Waals surface area contributed by atoms with E-state index in [-0.39, 0.29) is 18.0 Å². The van der Waals surface area contributed by atoms with Crippen molar-refractivity contribution in [2.45, 2.75) is 13.1 Å². The van der Waals surface area contributed by atoms with Crippen molar-refractivity contribution in [2.24, 2.45) is 0 Å². The summed E-state index contributed by atoms with van der Waals surface area (Å²) >= 11 is 0. The molecular weight excluding hydrogens is 347 g/mol. The van der Waals surface area contributed by atoms with E-state index in [0.29, 0.717) is 13.1 Å². The maximum Gasteiger partial charge on any atom is 0.254 e. The molecule has 0 aliphatic carbocycles. The van der Waals surface area contributed by atoms with Gasteiger partial charge in [-0.15, -0.1) is 0 Å². The van der Waals surface area contributed by atoms with Gasteiger partial charge in [-0.05, 0) is 29.3 Å². The molecule has 2 amide bonds. The Balaban J connectivity index is 1.43. The van der Waals surface area contributed by atoms with Gasteiger partial charge in [0.15, 0.2) is 0 Å². The van der Waals surface area contributed by atoms with Gasteiger partial charge in [-0.1, -0.05) is 36.4 Å². The third-order valence-electron chi connectivity index (χ3n) is 3.94. The molecule has 27 heavy (non-hydrogen) atoms. The van der Waals surface area contributed by atoms with Crippen molar-refractivity contribution in [3.05, 3.63) is 89.5 Å². The molecule has 2 aromatic carbocycles. The van der Waals surface area contributed by atoms with Crippen LogP contribution in [-0.2, 0) is 17.9 Å². The lowest BCUT2D eigenvalue weighted by Gasteiger charge is -2.08. The predicted octanol–water partition coefficient (Wildman–Crippen LogP) is 2.12. The number of nitrogens with zero attached hydrogens (tertiary/aromatic N) is 2. The fourth-order valence-electron chi connectivity index (χ4n) is 2.51. The van der Waals surface area contributed by atoms with E-state index in [1.54, 1.807) is 12.3 Å². The Kier molecular flexibility index (Phi) is 5.94. The first-order valence-corrected chi connectivity index (χ1v) is 8.46. The highest BCUT2D eigenvalue weighted by atomic mass is 19.1. The molecule has 0 radical (unpaired) electrons. The predicted molar refractivity (Wildman–Crippen MR) is 98.4 cm³/mol. The number of aromatic nitrogens is 2. The molecule has 0 bridgehead atoms. The van der Waals surface area contributed by atoms with Crippen molar-refractivity contribution in [1.82, 2.24) is 20.4 Å². The Labute approximate surface area is 156 Å². The zero-order valence-electron chi connectivity index (χ0n) is 14.6. The summed E-state index contributed by atoms with van der Waals surface area (Å²) in [6, 6.07) is 15.3. The highest BCUT2D eigenvalue weighted by Gasteiger charge is 2.11. The summed E-state index contributed by atoms with van der Waals surface area (Å²) in [4.78, 5) is 23.8. The van der Waals surface area contributed by atoms with Crippen LogP contribution in [0.1, 0.15) is 21.5 Å². The Morgan fingerprint density at radius 2 is 1.70 bits per heavy atom. The average Bonchev–Trinajstić information content (AvgIpc) is 3.19. The van der Waals surface area contributed by atoms with Crippen LogP contribution in [0.5, 0.6) is 0 Å². The number of nitrogens with one attached hydrogen (secondary N) is 2. The van der Waals surface area contributed by atoms with Crippen molar-refractivity contribution in [1.29, 1.82) is 0 Å². The van der Waals surface area contributed by atoms with Crippen LogP contribution in [0.2, 0.25) is 0 Å². The molecule has 0 fully saturated rings. The number of amides is 2. The van der Waals surface area contributed by atoms with E-state index in [1.807, 2.05) is 41.2 Å². The van der Waals surface area contributed by atoms with E-state index >= 15 is 0 Å². The second kappa shape index (κ2) is 8.75. The monoisotopic (exact) mass is 366 g/mol. The van der Waals surface area contributed by atoms with E-state index < -0.39 is 11.7 Å². The summed E-state index contributed by atoms with van der Waals surface area (Å²) in [5.74, 6) is -1.59. The number of carbonyl (C=O) groups is 2. The van der Waals surface area contributed by atoms with Crippen LogP contribution >= 0.6 is 0 Å². The fraction of sp³-hybridized carbons (Fsp3) is 0.150. The Morgan fingerprint density at radius 3 is 2.41 bits per heavy atom. The standard InChI is InChI=1S/C20H19FN4O2/c21-18-5-2-1-4-17(18)20(27)23-13-19(26)22-12-15-6-8-16(9-7-15)14-25-11-3-10-24-25/h1-11H,12-14H2,(H,22,26)(H,23,27). The normalized spacial score (nSPS) is 10.4. The van der Waals surface area contributed by atoms with Gasteiger partial charge in [-0.25, -0.2) is 4.39 Å². The molecule has 0 saturated heterocycles. The number of rotatable bonds is 7. The lowest BCUT2D eigenvalue weighted by atomic mass is 10.1. The molecule has 138 valence electrons. The highest BCUT2D eigenvalue weighted by molar-refractivity contribution is 5.96. The van der Waals surface area contributed by atoms with Gasteiger partial charge in [-0.3, -0.25) is 14.3 Å². The first kappa shape index (κ1) is 18.3. The molecule has 0 aliphatic heterocycles. The van der Waals surface area contributed by atoms with E-state index in [9.17, 15) is 14.0 Å². The van der Waals surface area contributed by atoms with Crippen LogP contribution in [-0.4, -0.2) is 28.1 Å². The molecule has 7 heteroatoms. The second-order valence-corrected chi connectivity index (χ2v) is 5.96. The molecular formula is C20H19FN4O2. The number of halogens is 1. The number of hydrogen-bond donors (Lipinski definition) is 2. The number of carbonyl (C=O) groups excluding carboxylic acids is 2. The lowest BCUT2D eigenvalue weighted by molar-refractivity contribution is -0.120. The molecule has 1 aromatic heterocycles. The Hall–Kier alpha value is -3.48. The average molecular weight is 366 g/mol. The number of hydrogen-bond acceptors (Lipinski definition) is 3. The van der Waals surface area contributed by atoms with E-state index in [0.717, 1.165) is 11.1 Å². The molecule has 0 saturated carbocycles. The van der Waals surface area contributed by atoms with Gasteiger partial charge in [-0.2, -0.15) is 5.10 Å². The first-order chi connectivity index (χ1) is 13.1. The van der Waals surface area contributed by atoms with Crippen LogP contribution in [0, 0.1) is 5.82 Å². The Bertz CT molecular complexity index is 908. The molecule has 2 N–H and O–H groups in total. The maximum atomic E-state index is 13.5. The summed E-state index contributed by atoms with van der Waals surface area (Å²) in [6.45, 7) is 0.808. The SMILES string of the molecule is O=C(CNC(=O)c1ccccc1F)NCc1ccc(Cn2cccn2)cc1. The highest BCUT2D eigenvalue weighted by Crippen LogP contribution is 2.07. The molecule has 3 aromatic rings. The van der Waals surface area contributed by atoms with Gasteiger partial charge in [0.1, 0.15) is 5.82 Å². The van der Waals surface area contributed by atoms with Crippen LogP contribution in [0.4, 0.5) is 4.39 Å². The van der Waals surface area contributed by atoms with Crippen LogP contribution < -0.4 is 10.6 Å². The third-order valence-corrected chi connectivity index (χ3v) is 3.94. The molecule has 3 rings (SSSR count). The van der Waals surface area contributed by atoms with E-state index in [1.165, 1.54) is 18.2 Å². The van der Waals surface area contributed by atoms with Crippen molar-refractivity contribution in [3.8, 4) is 0 Å². The topological polar surface area (TPSA) is 76.0 Å². The minimum absolute atomic E-state index is 0.0851. The first-order valence-electron chi connectivity index (χ1n) is 8.46. The lowest BCUT2D eigenvalue weighted by Crippen LogP contribution is -2.36. The van der Waals surface area contributed by atoms with E-state index in [2.05, 4.69) is 15.7 Å². The molecule has 0 atom stereocenters. The zero-order valence-corrected chi connectivity index (χ0v) is 14.6. The maximum absolute atomic E-state index is 13.5. The molecule has 6 nitrogen and oxygen atoms in total. The number of benzene rings is 2.